The van der Waals surface area contributed by atoms with Gasteiger partial charge >= 0.3 is 0 Å². The number of rotatable bonds is 6. The predicted octanol–water partition coefficient (Wildman–Crippen LogP) is 1.53. The topological polar surface area (TPSA) is 92.5 Å². The number of hydrogen-bond donors (Lipinski definition) is 2. The molecule has 4 atom stereocenters. The number of likely N-dealkylation sites (N-methyl/N-ethyl adjacent to an activating group) is 1. The highest BCUT2D eigenvalue weighted by Gasteiger charge is 2.49. The van der Waals surface area contributed by atoms with Crippen molar-refractivity contribution in [1.29, 1.82) is 0 Å². The lowest BCUT2D eigenvalue weighted by Crippen LogP contribution is -2.47. The molecule has 2 fully saturated rings. The van der Waals surface area contributed by atoms with Gasteiger partial charge in [0.25, 0.3) is 0 Å². The van der Waals surface area contributed by atoms with Gasteiger partial charge in [-0.25, -0.2) is 13.1 Å². The molecule has 1 aromatic carbocycles. The summed E-state index contributed by atoms with van der Waals surface area (Å²) in [6, 6.07) is 6.65. The summed E-state index contributed by atoms with van der Waals surface area (Å²) in [7, 11) is -1.83. The Hall–Kier alpha value is -1.15. The first-order valence-corrected chi connectivity index (χ1v) is 10.3. The van der Waals surface area contributed by atoms with Gasteiger partial charge in [0.05, 0.1) is 10.8 Å². The van der Waals surface area contributed by atoms with Crippen LogP contribution >= 0.6 is 12.4 Å². The fourth-order valence-electron chi connectivity index (χ4n) is 4.22. The molecule has 8 heteroatoms. The minimum atomic E-state index is -3.55. The van der Waals surface area contributed by atoms with Gasteiger partial charge < -0.3 is 10.6 Å². The molecule has 2 aliphatic carbocycles. The van der Waals surface area contributed by atoms with Crippen LogP contribution in [0.25, 0.3) is 0 Å². The summed E-state index contributed by atoms with van der Waals surface area (Å²) in [5.74, 6) is 0.832. The van der Waals surface area contributed by atoms with Crippen molar-refractivity contribution in [3.05, 3.63) is 29.8 Å². The molecule has 0 heterocycles. The van der Waals surface area contributed by atoms with Gasteiger partial charge in [0.2, 0.25) is 15.9 Å². The number of benzene rings is 1. The van der Waals surface area contributed by atoms with E-state index in [0.717, 1.165) is 24.8 Å². The number of carbonyl (C=O) groups excluding carboxylic acids is 1. The molecule has 146 valence electrons. The molecule has 4 unspecified atom stereocenters. The van der Waals surface area contributed by atoms with Crippen molar-refractivity contribution in [2.24, 2.45) is 23.5 Å². The summed E-state index contributed by atoms with van der Waals surface area (Å²) in [6.07, 6.45) is 3.28. The van der Waals surface area contributed by atoms with E-state index in [1.54, 1.807) is 36.2 Å². The summed E-state index contributed by atoms with van der Waals surface area (Å²) in [5.41, 5.74) is 7.24. The molecular formula is C18H28ClN3O3S. The number of sulfonamides is 1. The summed E-state index contributed by atoms with van der Waals surface area (Å²) in [5, 5.41) is 0. The number of hydrogen-bond acceptors (Lipinski definition) is 4. The van der Waals surface area contributed by atoms with Crippen molar-refractivity contribution in [3.8, 4) is 0 Å². The number of aryl methyl sites for hydroxylation is 1. The van der Waals surface area contributed by atoms with Gasteiger partial charge in [-0.05, 0) is 50.2 Å². The van der Waals surface area contributed by atoms with E-state index >= 15 is 0 Å². The molecule has 26 heavy (non-hydrogen) atoms. The largest absolute Gasteiger partial charge is 0.344 e. The first kappa shape index (κ1) is 21.2. The standard InChI is InChI=1S/C18H27N3O3S.ClH/c1-12-3-7-15(8-4-12)25(23,24)20-9-10-21(2)18(22)16-13-5-6-14(11-13)17(16)19;/h3-4,7-8,13-14,16-17,20H,5-6,9-11,19H2,1-2H3;1H. The maximum Gasteiger partial charge on any atom is 0.240 e. The van der Waals surface area contributed by atoms with E-state index in [2.05, 4.69) is 4.72 Å². The summed E-state index contributed by atoms with van der Waals surface area (Å²) in [4.78, 5) is 14.5. The smallest absolute Gasteiger partial charge is 0.240 e. The van der Waals surface area contributed by atoms with Gasteiger partial charge in [0.1, 0.15) is 0 Å². The van der Waals surface area contributed by atoms with Crippen molar-refractivity contribution in [2.75, 3.05) is 20.1 Å². The van der Waals surface area contributed by atoms with E-state index in [-0.39, 0.29) is 41.7 Å². The monoisotopic (exact) mass is 401 g/mol. The van der Waals surface area contributed by atoms with Gasteiger partial charge in [0.15, 0.2) is 0 Å². The quantitative estimate of drug-likeness (QED) is 0.755. The normalized spacial score (nSPS) is 27.2. The molecule has 0 aliphatic heterocycles. The van der Waals surface area contributed by atoms with Crippen LogP contribution in [0, 0.1) is 24.7 Å². The van der Waals surface area contributed by atoms with Crippen molar-refractivity contribution < 1.29 is 13.2 Å². The maximum atomic E-state index is 12.7. The van der Waals surface area contributed by atoms with E-state index < -0.39 is 10.0 Å². The zero-order valence-electron chi connectivity index (χ0n) is 15.2. The summed E-state index contributed by atoms with van der Waals surface area (Å²) >= 11 is 0. The van der Waals surface area contributed by atoms with Gasteiger partial charge in [0, 0.05) is 26.2 Å². The fraction of sp³-hybridized carbons (Fsp3) is 0.611. The van der Waals surface area contributed by atoms with Gasteiger partial charge in [-0.2, -0.15) is 0 Å². The van der Waals surface area contributed by atoms with Crippen LogP contribution in [-0.2, 0) is 14.8 Å². The molecule has 0 spiro atoms. The Morgan fingerprint density at radius 3 is 2.42 bits per heavy atom. The van der Waals surface area contributed by atoms with Crippen LogP contribution in [0.2, 0.25) is 0 Å². The second-order valence-corrected chi connectivity index (χ2v) is 9.17. The van der Waals surface area contributed by atoms with Crippen LogP contribution in [-0.4, -0.2) is 45.4 Å². The van der Waals surface area contributed by atoms with Crippen LogP contribution in [0.1, 0.15) is 24.8 Å². The van der Waals surface area contributed by atoms with Crippen molar-refractivity contribution in [2.45, 2.75) is 37.1 Å². The molecule has 2 saturated carbocycles. The molecule has 2 bridgehead atoms. The third kappa shape index (κ3) is 4.22. The van der Waals surface area contributed by atoms with Crippen LogP contribution in [0.5, 0.6) is 0 Å². The maximum absolute atomic E-state index is 12.7. The van der Waals surface area contributed by atoms with Gasteiger partial charge in [-0.3, -0.25) is 4.79 Å². The Labute approximate surface area is 162 Å². The minimum absolute atomic E-state index is 0. The zero-order valence-corrected chi connectivity index (χ0v) is 16.9. The van der Waals surface area contributed by atoms with Gasteiger partial charge in [-0.1, -0.05) is 17.7 Å². The highest BCUT2D eigenvalue weighted by Crippen LogP contribution is 2.48. The number of nitrogens with one attached hydrogen (secondary N) is 1. The zero-order chi connectivity index (χ0) is 18.2. The Morgan fingerprint density at radius 1 is 1.23 bits per heavy atom. The Kier molecular flexibility index (Phi) is 6.71. The third-order valence-electron chi connectivity index (χ3n) is 5.71. The molecule has 0 radical (unpaired) electrons. The van der Waals surface area contributed by atoms with E-state index in [1.165, 1.54) is 0 Å². The molecule has 3 N–H and O–H groups in total. The SMILES string of the molecule is Cc1ccc(S(=O)(=O)NCCN(C)C(=O)C2C3CCC(C3)C2N)cc1.Cl. The van der Waals surface area contributed by atoms with Crippen molar-refractivity contribution in [1.82, 2.24) is 9.62 Å². The first-order valence-electron chi connectivity index (χ1n) is 8.86. The lowest BCUT2D eigenvalue weighted by molar-refractivity contribution is -0.136. The Balaban J connectivity index is 0.00000243. The number of carbonyl (C=O) groups is 1. The Morgan fingerprint density at radius 2 is 1.85 bits per heavy atom. The lowest BCUT2D eigenvalue weighted by atomic mass is 9.84. The number of amides is 1. The van der Waals surface area contributed by atoms with E-state index in [9.17, 15) is 13.2 Å². The molecule has 3 rings (SSSR count). The van der Waals surface area contributed by atoms with E-state index in [0.29, 0.717) is 18.4 Å². The average Bonchev–Trinajstić information content (AvgIpc) is 3.15. The molecular weight excluding hydrogens is 374 g/mol. The van der Waals surface area contributed by atoms with Crippen LogP contribution in [0.3, 0.4) is 0 Å². The third-order valence-corrected chi connectivity index (χ3v) is 7.19. The Bertz CT molecular complexity index is 737. The van der Waals surface area contributed by atoms with Crippen LogP contribution in [0.15, 0.2) is 29.2 Å². The second-order valence-electron chi connectivity index (χ2n) is 7.41. The van der Waals surface area contributed by atoms with E-state index in [1.807, 2.05) is 6.92 Å². The molecule has 1 amide bonds. The highest BCUT2D eigenvalue weighted by atomic mass is 35.5. The average molecular weight is 402 g/mol. The van der Waals surface area contributed by atoms with Crippen molar-refractivity contribution in [3.63, 3.8) is 0 Å². The molecule has 1 aromatic rings. The number of nitrogens with zero attached hydrogens (tertiary/aromatic N) is 1. The fourth-order valence-corrected chi connectivity index (χ4v) is 5.24. The summed E-state index contributed by atoms with van der Waals surface area (Å²) < 4.78 is 27.1. The number of nitrogens with two attached hydrogens (primary N) is 1. The predicted molar refractivity (Wildman–Crippen MR) is 104 cm³/mol. The van der Waals surface area contributed by atoms with Crippen LogP contribution in [0.4, 0.5) is 0 Å². The van der Waals surface area contributed by atoms with Crippen LogP contribution < -0.4 is 10.5 Å². The molecule has 0 saturated heterocycles. The first-order chi connectivity index (χ1) is 11.8. The van der Waals surface area contributed by atoms with E-state index in [4.69, 9.17) is 5.73 Å². The summed E-state index contributed by atoms with van der Waals surface area (Å²) in [6.45, 7) is 2.43. The number of halogens is 1. The van der Waals surface area contributed by atoms with Crippen molar-refractivity contribution >= 4 is 28.3 Å². The minimum Gasteiger partial charge on any atom is -0.344 e. The van der Waals surface area contributed by atoms with Gasteiger partial charge in [-0.15, -0.1) is 12.4 Å². The second kappa shape index (κ2) is 8.25. The molecule has 2 aliphatic rings. The highest BCUT2D eigenvalue weighted by molar-refractivity contribution is 7.89. The molecule has 0 aromatic heterocycles. The lowest BCUT2D eigenvalue weighted by Gasteiger charge is -2.30. The number of fused-ring (bicyclic) bond motifs is 2. The molecule has 6 nitrogen and oxygen atoms in total.